The van der Waals surface area contributed by atoms with Gasteiger partial charge in [0.1, 0.15) is 12.4 Å². The van der Waals surface area contributed by atoms with Gasteiger partial charge in [-0.1, -0.05) is 25.6 Å². The highest BCUT2D eigenvalue weighted by Crippen LogP contribution is 2.21. The average molecular weight is 381 g/mol. The van der Waals surface area contributed by atoms with Crippen molar-refractivity contribution in [3.63, 3.8) is 0 Å². The maximum Gasteiger partial charge on any atom is 0.243 e. The minimum absolute atomic E-state index is 0.0676. The van der Waals surface area contributed by atoms with E-state index in [4.69, 9.17) is 4.74 Å². The summed E-state index contributed by atoms with van der Waals surface area (Å²) >= 11 is 0. The lowest BCUT2D eigenvalue weighted by Gasteiger charge is -2.12. The summed E-state index contributed by atoms with van der Waals surface area (Å²) in [5.74, 6) is 0.454. The first-order valence-electron chi connectivity index (χ1n) is 9.19. The normalized spacial score (nSPS) is 10.1. The number of nitrogens with one attached hydrogen (secondary N) is 3. The zero-order chi connectivity index (χ0) is 20.5. The molecule has 0 aromatic heterocycles. The highest BCUT2D eigenvalue weighted by molar-refractivity contribution is 5.96. The highest BCUT2D eigenvalue weighted by Gasteiger charge is 2.07. The number of ether oxygens (including phenoxy) is 1. The first kappa shape index (κ1) is 21.0. The molecule has 2 amide bonds. The molecule has 2 aromatic carbocycles. The Balaban J connectivity index is 1.92. The molecule has 2 aromatic rings. The molecule has 6 heteroatoms. The summed E-state index contributed by atoms with van der Waals surface area (Å²) < 4.78 is 5.60. The lowest BCUT2D eigenvalue weighted by Crippen LogP contribution is -2.22. The van der Waals surface area contributed by atoms with Gasteiger partial charge in [0.05, 0.1) is 6.54 Å². The molecule has 0 radical (unpaired) electrons. The van der Waals surface area contributed by atoms with Crippen molar-refractivity contribution < 1.29 is 14.3 Å². The van der Waals surface area contributed by atoms with E-state index < -0.39 is 0 Å². The summed E-state index contributed by atoms with van der Waals surface area (Å²) in [6.45, 7) is 9.96. The van der Waals surface area contributed by atoms with Gasteiger partial charge in [-0.05, 0) is 49.2 Å². The van der Waals surface area contributed by atoms with Crippen molar-refractivity contribution in [3.05, 3.63) is 60.2 Å². The fraction of sp³-hybridized carbons (Fsp3) is 0.273. The summed E-state index contributed by atoms with van der Waals surface area (Å²) in [5, 5.41) is 8.74. The molecule has 2 rings (SSSR count). The van der Waals surface area contributed by atoms with Crippen LogP contribution in [0.3, 0.4) is 0 Å². The molecule has 0 saturated heterocycles. The van der Waals surface area contributed by atoms with Crippen LogP contribution in [0.1, 0.15) is 25.8 Å². The van der Waals surface area contributed by atoms with Crippen LogP contribution in [0.5, 0.6) is 5.75 Å². The molecular weight excluding hydrogens is 354 g/mol. The lowest BCUT2D eigenvalue weighted by molar-refractivity contribution is -0.116. The van der Waals surface area contributed by atoms with Gasteiger partial charge < -0.3 is 20.7 Å². The standard InChI is InChI=1S/C22H27N3O3/c1-5-21(26)25-20-12-18(10-9-16(20)4)24-22(27)13-23-17-7-6-8-19(11-17)28-14-15(2)3/h6-12,23H,2,5,13-14H2,1,3-4H3,(H,24,27)(H,25,26). The van der Waals surface area contributed by atoms with Crippen molar-refractivity contribution >= 4 is 28.9 Å². The largest absolute Gasteiger partial charge is 0.489 e. The van der Waals surface area contributed by atoms with Crippen molar-refractivity contribution in [3.8, 4) is 5.75 Å². The number of benzene rings is 2. The fourth-order valence-electron chi connectivity index (χ4n) is 2.36. The van der Waals surface area contributed by atoms with Crippen molar-refractivity contribution in [2.45, 2.75) is 27.2 Å². The van der Waals surface area contributed by atoms with Crippen molar-refractivity contribution in [1.29, 1.82) is 0 Å². The number of aryl methyl sites for hydroxylation is 1. The maximum absolute atomic E-state index is 12.3. The van der Waals surface area contributed by atoms with Gasteiger partial charge in [0.25, 0.3) is 0 Å². The Labute approximate surface area is 166 Å². The molecule has 0 unspecified atom stereocenters. The van der Waals surface area contributed by atoms with Gasteiger partial charge in [-0.25, -0.2) is 0 Å². The van der Waals surface area contributed by atoms with E-state index in [1.807, 2.05) is 44.2 Å². The van der Waals surface area contributed by atoms with E-state index in [0.717, 1.165) is 16.8 Å². The summed E-state index contributed by atoms with van der Waals surface area (Å²) in [5.41, 5.74) is 3.98. The monoisotopic (exact) mass is 381 g/mol. The molecule has 28 heavy (non-hydrogen) atoms. The second-order valence-electron chi connectivity index (χ2n) is 6.61. The molecule has 148 valence electrons. The molecule has 0 aliphatic heterocycles. The van der Waals surface area contributed by atoms with E-state index in [0.29, 0.717) is 30.2 Å². The Hall–Kier alpha value is -3.28. The Bertz CT molecular complexity index is 862. The Morgan fingerprint density at radius 3 is 2.54 bits per heavy atom. The number of rotatable bonds is 9. The van der Waals surface area contributed by atoms with Crippen LogP contribution >= 0.6 is 0 Å². The molecule has 0 aliphatic rings. The van der Waals surface area contributed by atoms with Crippen LogP contribution in [-0.2, 0) is 9.59 Å². The third-order valence-electron chi connectivity index (χ3n) is 3.89. The first-order chi connectivity index (χ1) is 13.4. The van der Waals surface area contributed by atoms with Gasteiger partial charge in [0.15, 0.2) is 0 Å². The molecule has 0 spiro atoms. The molecule has 0 heterocycles. The molecule has 0 atom stereocenters. The van der Waals surface area contributed by atoms with Gasteiger partial charge in [0.2, 0.25) is 11.8 Å². The van der Waals surface area contributed by atoms with Crippen LogP contribution < -0.4 is 20.7 Å². The third kappa shape index (κ3) is 6.79. The predicted octanol–water partition coefficient (Wildman–Crippen LogP) is 4.35. The summed E-state index contributed by atoms with van der Waals surface area (Å²) in [6.07, 6.45) is 0.398. The van der Waals surface area contributed by atoms with Gasteiger partial charge in [-0.2, -0.15) is 0 Å². The molecule has 3 N–H and O–H groups in total. The number of hydrogen-bond donors (Lipinski definition) is 3. The second kappa shape index (κ2) is 10.2. The number of carbonyl (C=O) groups is 2. The minimum atomic E-state index is -0.190. The molecular formula is C22H27N3O3. The zero-order valence-corrected chi connectivity index (χ0v) is 16.6. The number of anilines is 3. The number of amides is 2. The molecule has 6 nitrogen and oxygen atoms in total. The Morgan fingerprint density at radius 2 is 1.82 bits per heavy atom. The molecule has 0 aliphatic carbocycles. The predicted molar refractivity (Wildman–Crippen MR) is 114 cm³/mol. The highest BCUT2D eigenvalue weighted by atomic mass is 16.5. The molecule has 0 saturated carbocycles. The van der Waals surface area contributed by atoms with Crippen LogP contribution in [0.4, 0.5) is 17.1 Å². The quantitative estimate of drug-likeness (QED) is 0.564. The minimum Gasteiger partial charge on any atom is -0.489 e. The fourth-order valence-corrected chi connectivity index (χ4v) is 2.36. The SMILES string of the molecule is C=C(C)COc1cccc(NCC(=O)Nc2ccc(C)c(NC(=O)CC)c2)c1. The summed E-state index contributed by atoms with van der Waals surface area (Å²) in [6, 6.07) is 12.8. The second-order valence-corrected chi connectivity index (χ2v) is 6.61. The van der Waals surface area contributed by atoms with Crippen LogP contribution in [0.15, 0.2) is 54.6 Å². The topological polar surface area (TPSA) is 79.5 Å². The van der Waals surface area contributed by atoms with Crippen LogP contribution in [0.25, 0.3) is 0 Å². The maximum atomic E-state index is 12.3. The van der Waals surface area contributed by atoms with E-state index in [9.17, 15) is 9.59 Å². The van der Waals surface area contributed by atoms with Gasteiger partial charge in [-0.15, -0.1) is 0 Å². The van der Waals surface area contributed by atoms with Crippen LogP contribution in [0.2, 0.25) is 0 Å². The smallest absolute Gasteiger partial charge is 0.243 e. The molecule has 0 fully saturated rings. The van der Waals surface area contributed by atoms with E-state index >= 15 is 0 Å². The van der Waals surface area contributed by atoms with E-state index in [1.54, 1.807) is 19.1 Å². The van der Waals surface area contributed by atoms with Crippen LogP contribution in [-0.4, -0.2) is 25.0 Å². The van der Waals surface area contributed by atoms with Gasteiger partial charge >= 0.3 is 0 Å². The average Bonchev–Trinajstić information content (AvgIpc) is 2.67. The van der Waals surface area contributed by atoms with Gasteiger partial charge in [0, 0.05) is 29.5 Å². The van der Waals surface area contributed by atoms with E-state index in [1.165, 1.54) is 0 Å². The van der Waals surface area contributed by atoms with Crippen molar-refractivity contribution in [2.24, 2.45) is 0 Å². The van der Waals surface area contributed by atoms with Crippen molar-refractivity contribution in [1.82, 2.24) is 0 Å². The molecule has 0 bridgehead atoms. The van der Waals surface area contributed by atoms with E-state index in [-0.39, 0.29) is 18.4 Å². The first-order valence-corrected chi connectivity index (χ1v) is 9.19. The van der Waals surface area contributed by atoms with E-state index in [2.05, 4.69) is 22.5 Å². The third-order valence-corrected chi connectivity index (χ3v) is 3.89. The number of hydrogen-bond acceptors (Lipinski definition) is 4. The Kier molecular flexibility index (Phi) is 7.63. The Morgan fingerprint density at radius 1 is 1.04 bits per heavy atom. The zero-order valence-electron chi connectivity index (χ0n) is 16.6. The number of carbonyl (C=O) groups excluding carboxylic acids is 2. The summed E-state index contributed by atoms with van der Waals surface area (Å²) in [4.78, 5) is 23.9. The summed E-state index contributed by atoms with van der Waals surface area (Å²) in [7, 11) is 0. The van der Waals surface area contributed by atoms with Crippen LogP contribution in [0, 0.1) is 6.92 Å². The van der Waals surface area contributed by atoms with Crippen molar-refractivity contribution in [2.75, 3.05) is 29.1 Å². The van der Waals surface area contributed by atoms with Gasteiger partial charge in [-0.3, -0.25) is 9.59 Å². The lowest BCUT2D eigenvalue weighted by atomic mass is 10.1.